The third-order valence-electron chi connectivity index (χ3n) is 3.17. The van der Waals surface area contributed by atoms with E-state index in [1.165, 1.54) is 5.56 Å². The van der Waals surface area contributed by atoms with Crippen LogP contribution in [0.2, 0.25) is 0 Å². The first-order valence-electron chi connectivity index (χ1n) is 5.98. The molecule has 86 valence electrons. The lowest BCUT2D eigenvalue weighted by molar-refractivity contribution is 0.222. The molecule has 0 spiro atoms. The molecule has 0 aromatic heterocycles. The zero-order valence-corrected chi connectivity index (χ0v) is 9.84. The van der Waals surface area contributed by atoms with Crippen LogP contribution >= 0.6 is 0 Å². The Morgan fingerprint density at radius 3 is 3.06 bits per heavy atom. The molecule has 0 radical (unpaired) electrons. The van der Waals surface area contributed by atoms with Crippen molar-refractivity contribution in [2.75, 3.05) is 0 Å². The van der Waals surface area contributed by atoms with Gasteiger partial charge in [-0.25, -0.2) is 0 Å². The number of hydrogen-bond acceptors (Lipinski definition) is 2. The number of rotatable bonds is 1. The first-order valence-corrected chi connectivity index (χ1v) is 5.98. The predicted octanol–water partition coefficient (Wildman–Crippen LogP) is 3.59. The van der Waals surface area contributed by atoms with E-state index in [9.17, 15) is 0 Å². The summed E-state index contributed by atoms with van der Waals surface area (Å²) in [5.74, 6) is 1.30. The highest BCUT2D eigenvalue weighted by Crippen LogP contribution is 2.34. The highest BCUT2D eigenvalue weighted by atomic mass is 16.5. The maximum atomic E-state index is 5.99. The number of allylic oxidation sites excluding steroid dienone is 3. The van der Waals surface area contributed by atoms with Crippen LogP contribution in [-0.4, -0.2) is 12.3 Å². The van der Waals surface area contributed by atoms with Crippen molar-refractivity contribution < 1.29 is 4.74 Å². The molecule has 0 amide bonds. The average Bonchev–Trinajstić information content (AvgIpc) is 2.39. The lowest BCUT2D eigenvalue weighted by Crippen LogP contribution is -2.29. The van der Waals surface area contributed by atoms with Crippen LogP contribution in [0.15, 0.2) is 47.5 Å². The van der Waals surface area contributed by atoms with Crippen molar-refractivity contribution in [1.82, 2.24) is 0 Å². The van der Waals surface area contributed by atoms with E-state index < -0.39 is 0 Å². The van der Waals surface area contributed by atoms with Crippen LogP contribution in [0.4, 0.5) is 5.69 Å². The van der Waals surface area contributed by atoms with Crippen LogP contribution in [-0.2, 0) is 0 Å². The topological polar surface area (TPSA) is 21.6 Å². The van der Waals surface area contributed by atoms with Crippen LogP contribution in [0.1, 0.15) is 12.0 Å². The van der Waals surface area contributed by atoms with Crippen molar-refractivity contribution in [2.24, 2.45) is 10.9 Å². The Morgan fingerprint density at radius 2 is 2.24 bits per heavy atom. The van der Waals surface area contributed by atoms with Crippen molar-refractivity contribution in [3.63, 3.8) is 0 Å². The SMILES string of the molecule is Cc1ccc2c(c1)N=CC(C1C=CC=CC1)O2. The van der Waals surface area contributed by atoms with Crippen LogP contribution in [0.5, 0.6) is 5.75 Å². The Labute approximate surface area is 101 Å². The van der Waals surface area contributed by atoms with Crippen LogP contribution in [0.3, 0.4) is 0 Å². The van der Waals surface area contributed by atoms with Gasteiger partial charge in [-0.2, -0.15) is 0 Å². The number of benzene rings is 1. The summed E-state index contributed by atoms with van der Waals surface area (Å²) < 4.78 is 5.99. The number of hydrogen-bond donors (Lipinski definition) is 0. The van der Waals surface area contributed by atoms with Crippen LogP contribution in [0.25, 0.3) is 0 Å². The fourth-order valence-corrected chi connectivity index (χ4v) is 2.20. The predicted molar refractivity (Wildman–Crippen MR) is 70.1 cm³/mol. The number of aliphatic imine (C=N–C) groups is 1. The van der Waals surface area contributed by atoms with Crippen molar-refractivity contribution in [3.8, 4) is 5.75 Å². The molecule has 17 heavy (non-hydrogen) atoms. The van der Waals surface area contributed by atoms with Crippen molar-refractivity contribution in [1.29, 1.82) is 0 Å². The van der Waals surface area contributed by atoms with Gasteiger partial charge in [0, 0.05) is 12.1 Å². The summed E-state index contributed by atoms with van der Waals surface area (Å²) in [6, 6.07) is 6.13. The summed E-state index contributed by atoms with van der Waals surface area (Å²) in [5.41, 5.74) is 2.15. The molecule has 2 unspecified atom stereocenters. The maximum Gasteiger partial charge on any atom is 0.145 e. The van der Waals surface area contributed by atoms with E-state index in [1.54, 1.807) is 0 Å². The average molecular weight is 225 g/mol. The third-order valence-corrected chi connectivity index (χ3v) is 3.17. The minimum atomic E-state index is 0.0615. The summed E-state index contributed by atoms with van der Waals surface area (Å²) in [7, 11) is 0. The molecule has 3 rings (SSSR count). The summed E-state index contributed by atoms with van der Waals surface area (Å²) in [6.45, 7) is 2.07. The van der Waals surface area contributed by atoms with Crippen LogP contribution < -0.4 is 4.74 Å². The summed E-state index contributed by atoms with van der Waals surface area (Å²) in [4.78, 5) is 4.50. The zero-order valence-electron chi connectivity index (χ0n) is 9.84. The van der Waals surface area contributed by atoms with Crippen molar-refractivity contribution in [3.05, 3.63) is 48.1 Å². The van der Waals surface area contributed by atoms with Gasteiger partial charge in [0.15, 0.2) is 0 Å². The maximum absolute atomic E-state index is 5.99. The third kappa shape index (κ3) is 2.03. The highest BCUT2D eigenvalue weighted by molar-refractivity contribution is 5.74. The molecule has 0 bridgehead atoms. The second kappa shape index (κ2) is 4.21. The van der Waals surface area contributed by atoms with Crippen molar-refractivity contribution in [2.45, 2.75) is 19.4 Å². The van der Waals surface area contributed by atoms with Gasteiger partial charge in [0.1, 0.15) is 17.5 Å². The van der Waals surface area contributed by atoms with Gasteiger partial charge >= 0.3 is 0 Å². The standard InChI is InChI=1S/C15H15NO/c1-11-7-8-14-13(9-11)16-10-15(17-14)12-5-3-2-4-6-12/h2-5,7-10,12,15H,6H2,1H3. The molecule has 0 N–H and O–H groups in total. The molecule has 1 aliphatic heterocycles. The second-order valence-corrected chi connectivity index (χ2v) is 4.54. The van der Waals surface area contributed by atoms with Gasteiger partial charge in [0.2, 0.25) is 0 Å². The normalized spacial score (nSPS) is 25.5. The molecule has 1 heterocycles. The second-order valence-electron chi connectivity index (χ2n) is 4.54. The van der Waals surface area contributed by atoms with Gasteiger partial charge in [0.05, 0.1) is 0 Å². The lowest BCUT2D eigenvalue weighted by atomic mass is 9.95. The number of aryl methyl sites for hydroxylation is 1. The number of ether oxygens (including phenoxy) is 1. The Balaban J connectivity index is 1.84. The number of fused-ring (bicyclic) bond motifs is 1. The minimum Gasteiger partial charge on any atom is -0.482 e. The zero-order chi connectivity index (χ0) is 11.7. The highest BCUT2D eigenvalue weighted by Gasteiger charge is 2.23. The van der Waals surface area contributed by atoms with Gasteiger partial charge < -0.3 is 4.74 Å². The molecule has 2 heteroatoms. The van der Waals surface area contributed by atoms with E-state index in [-0.39, 0.29) is 6.10 Å². The lowest BCUT2D eigenvalue weighted by Gasteiger charge is -2.26. The van der Waals surface area contributed by atoms with E-state index in [0.29, 0.717) is 5.92 Å². The fourth-order valence-electron chi connectivity index (χ4n) is 2.20. The van der Waals surface area contributed by atoms with E-state index >= 15 is 0 Å². The van der Waals surface area contributed by atoms with Crippen molar-refractivity contribution >= 4 is 11.9 Å². The first-order chi connectivity index (χ1) is 8.33. The molecular formula is C15H15NO. The molecule has 2 atom stereocenters. The molecule has 2 aliphatic rings. The minimum absolute atomic E-state index is 0.0615. The first kappa shape index (κ1) is 10.3. The van der Waals surface area contributed by atoms with Gasteiger partial charge in [-0.3, -0.25) is 4.99 Å². The van der Waals surface area contributed by atoms with E-state index in [0.717, 1.165) is 17.9 Å². The van der Waals surface area contributed by atoms with Crippen LogP contribution in [0, 0.1) is 12.8 Å². The quantitative estimate of drug-likeness (QED) is 0.715. The molecule has 1 aliphatic carbocycles. The Morgan fingerprint density at radius 1 is 1.29 bits per heavy atom. The molecule has 1 aromatic carbocycles. The Kier molecular flexibility index (Phi) is 2.56. The molecule has 2 nitrogen and oxygen atoms in total. The molecule has 0 fully saturated rings. The number of nitrogens with zero attached hydrogens (tertiary/aromatic N) is 1. The Bertz CT molecular complexity index is 514. The molecule has 0 saturated heterocycles. The summed E-state index contributed by atoms with van der Waals surface area (Å²) in [5, 5.41) is 0. The fraction of sp³-hybridized carbons (Fsp3) is 0.267. The smallest absolute Gasteiger partial charge is 0.145 e. The summed E-state index contributed by atoms with van der Waals surface area (Å²) in [6.07, 6.45) is 11.5. The monoisotopic (exact) mass is 225 g/mol. The van der Waals surface area contributed by atoms with Gasteiger partial charge in [-0.1, -0.05) is 30.4 Å². The Hall–Kier alpha value is -1.83. The summed E-state index contributed by atoms with van der Waals surface area (Å²) >= 11 is 0. The molecule has 0 saturated carbocycles. The van der Waals surface area contributed by atoms with Gasteiger partial charge in [-0.05, 0) is 31.0 Å². The van der Waals surface area contributed by atoms with E-state index in [1.807, 2.05) is 12.3 Å². The van der Waals surface area contributed by atoms with E-state index in [2.05, 4.69) is 48.4 Å². The molecule has 1 aromatic rings. The van der Waals surface area contributed by atoms with Gasteiger partial charge in [0.25, 0.3) is 0 Å². The molecular weight excluding hydrogens is 210 g/mol. The largest absolute Gasteiger partial charge is 0.482 e. The van der Waals surface area contributed by atoms with E-state index in [4.69, 9.17) is 4.74 Å². The van der Waals surface area contributed by atoms with Gasteiger partial charge in [-0.15, -0.1) is 0 Å².